The van der Waals surface area contributed by atoms with Crippen molar-refractivity contribution < 1.29 is 0 Å². The van der Waals surface area contributed by atoms with E-state index in [9.17, 15) is 0 Å². The van der Waals surface area contributed by atoms with Crippen molar-refractivity contribution in [3.8, 4) is 0 Å². The molecule has 0 saturated heterocycles. The molecule has 0 N–H and O–H groups in total. The highest BCUT2D eigenvalue weighted by molar-refractivity contribution is 14.1. The van der Waals surface area contributed by atoms with Gasteiger partial charge < -0.3 is 0 Å². The van der Waals surface area contributed by atoms with Crippen LogP contribution in [0.3, 0.4) is 0 Å². The molecule has 0 aromatic rings. The van der Waals surface area contributed by atoms with Gasteiger partial charge in [-0.05, 0) is 92.2 Å². The third-order valence-electron chi connectivity index (χ3n) is 3.94. The molecule has 18 heavy (non-hydrogen) atoms. The molecular weight excluding hydrogens is 446 g/mol. The molecule has 0 heterocycles. The van der Waals surface area contributed by atoms with Gasteiger partial charge in [0.05, 0.1) is 0 Å². The van der Waals surface area contributed by atoms with E-state index in [0.29, 0.717) is 0 Å². The fraction of sp³-hybridized carbons (Fsp3) is 0.500. The van der Waals surface area contributed by atoms with E-state index in [1.807, 2.05) is 0 Å². The van der Waals surface area contributed by atoms with Gasteiger partial charge in [-0.3, -0.25) is 0 Å². The lowest BCUT2D eigenvalue weighted by molar-refractivity contribution is 0.566. The first-order valence-corrected chi connectivity index (χ1v) is 8.76. The minimum Gasteiger partial charge on any atom is -0.0714 e. The molecule has 2 aliphatic carbocycles. The summed E-state index contributed by atoms with van der Waals surface area (Å²) in [5.74, 6) is 0. The van der Waals surface area contributed by atoms with Gasteiger partial charge in [0.25, 0.3) is 0 Å². The molecule has 0 aromatic carbocycles. The molecule has 2 heteroatoms. The van der Waals surface area contributed by atoms with E-state index in [1.54, 1.807) is 16.7 Å². The maximum Gasteiger partial charge on any atom is 0.0112 e. The number of allylic oxidation sites excluding steroid dienone is 8. The van der Waals surface area contributed by atoms with Gasteiger partial charge >= 0.3 is 0 Å². The zero-order valence-electron chi connectivity index (χ0n) is 11.3. The molecule has 0 fully saturated rings. The summed E-state index contributed by atoms with van der Waals surface area (Å²) in [4.78, 5) is 0. The van der Waals surface area contributed by atoms with Crippen molar-refractivity contribution in [1.82, 2.24) is 0 Å². The van der Waals surface area contributed by atoms with Gasteiger partial charge in [0, 0.05) is 8.99 Å². The largest absolute Gasteiger partial charge is 0.0714 e. The van der Waals surface area contributed by atoms with Crippen molar-refractivity contribution in [2.24, 2.45) is 5.41 Å². The molecule has 98 valence electrons. The first-order valence-electron chi connectivity index (χ1n) is 6.60. The van der Waals surface area contributed by atoms with Crippen LogP contribution >= 0.6 is 45.2 Å². The molecule has 0 radical (unpaired) electrons. The fourth-order valence-corrected chi connectivity index (χ4v) is 4.21. The Balaban J connectivity index is 2.34. The van der Waals surface area contributed by atoms with Gasteiger partial charge in [0.15, 0.2) is 0 Å². The van der Waals surface area contributed by atoms with Crippen LogP contribution in [-0.2, 0) is 0 Å². The monoisotopic (exact) mass is 466 g/mol. The Labute approximate surface area is 138 Å². The van der Waals surface area contributed by atoms with Crippen molar-refractivity contribution in [3.05, 3.63) is 42.1 Å². The van der Waals surface area contributed by atoms with E-state index in [4.69, 9.17) is 0 Å². The van der Waals surface area contributed by atoms with Crippen molar-refractivity contribution in [1.29, 1.82) is 0 Å². The van der Waals surface area contributed by atoms with E-state index < -0.39 is 0 Å². The third kappa shape index (κ3) is 2.94. The summed E-state index contributed by atoms with van der Waals surface area (Å²) < 4.78 is 2.90. The quantitative estimate of drug-likeness (QED) is 0.409. The SMILES string of the molecule is CC/C=C(I)\C=C1/CC2=C(C=C(I)CC2)C1(C)C. The summed E-state index contributed by atoms with van der Waals surface area (Å²) in [5, 5.41) is 0. The van der Waals surface area contributed by atoms with Crippen molar-refractivity contribution in [3.63, 3.8) is 0 Å². The second-order valence-electron chi connectivity index (χ2n) is 5.58. The summed E-state index contributed by atoms with van der Waals surface area (Å²) in [6.07, 6.45) is 11.9. The normalized spacial score (nSPS) is 25.5. The summed E-state index contributed by atoms with van der Waals surface area (Å²) >= 11 is 4.95. The van der Waals surface area contributed by atoms with Gasteiger partial charge in [-0.15, -0.1) is 0 Å². The lowest BCUT2D eigenvalue weighted by atomic mass is 9.80. The van der Waals surface area contributed by atoms with Crippen LogP contribution in [0.15, 0.2) is 42.1 Å². The van der Waals surface area contributed by atoms with Gasteiger partial charge in [-0.2, -0.15) is 0 Å². The summed E-state index contributed by atoms with van der Waals surface area (Å²) in [6, 6.07) is 0. The summed E-state index contributed by atoms with van der Waals surface area (Å²) in [5.41, 5.74) is 5.07. The van der Waals surface area contributed by atoms with E-state index in [0.717, 1.165) is 6.42 Å². The minimum atomic E-state index is 0.226. The molecule has 0 unspecified atom stereocenters. The molecule has 0 bridgehead atoms. The van der Waals surface area contributed by atoms with E-state index in [-0.39, 0.29) is 5.41 Å². The molecule has 0 aliphatic heterocycles. The molecule has 2 rings (SSSR count). The second-order valence-corrected chi connectivity index (χ2v) is 8.21. The first-order chi connectivity index (χ1) is 8.45. The Bertz CT molecular complexity index is 473. The lowest BCUT2D eigenvalue weighted by Crippen LogP contribution is -2.12. The summed E-state index contributed by atoms with van der Waals surface area (Å²) in [7, 11) is 0. The number of hydrogen-bond acceptors (Lipinski definition) is 0. The smallest absolute Gasteiger partial charge is 0.0112 e. The summed E-state index contributed by atoms with van der Waals surface area (Å²) in [6.45, 7) is 6.96. The highest BCUT2D eigenvalue weighted by Gasteiger charge is 2.36. The predicted molar refractivity (Wildman–Crippen MR) is 97.2 cm³/mol. The van der Waals surface area contributed by atoms with Crippen molar-refractivity contribution in [2.75, 3.05) is 0 Å². The Morgan fingerprint density at radius 2 is 2.11 bits per heavy atom. The van der Waals surface area contributed by atoms with Crippen LogP contribution in [0.2, 0.25) is 0 Å². The van der Waals surface area contributed by atoms with Gasteiger partial charge in [-0.1, -0.05) is 38.0 Å². The highest BCUT2D eigenvalue weighted by Crippen LogP contribution is 2.52. The van der Waals surface area contributed by atoms with Crippen LogP contribution in [0.4, 0.5) is 0 Å². The molecule has 0 nitrogen and oxygen atoms in total. The highest BCUT2D eigenvalue weighted by atomic mass is 127. The Morgan fingerprint density at radius 1 is 1.39 bits per heavy atom. The average Bonchev–Trinajstić information content (AvgIpc) is 2.52. The van der Waals surface area contributed by atoms with Crippen LogP contribution in [-0.4, -0.2) is 0 Å². The Hall–Kier alpha value is 0.420. The maximum absolute atomic E-state index is 2.49. The van der Waals surface area contributed by atoms with Crippen molar-refractivity contribution in [2.45, 2.75) is 46.5 Å². The zero-order chi connectivity index (χ0) is 13.3. The number of rotatable bonds is 2. The van der Waals surface area contributed by atoms with E-state index >= 15 is 0 Å². The molecule has 0 atom stereocenters. The topological polar surface area (TPSA) is 0 Å². The Morgan fingerprint density at radius 3 is 2.78 bits per heavy atom. The minimum absolute atomic E-state index is 0.226. The van der Waals surface area contributed by atoms with Crippen LogP contribution in [0.25, 0.3) is 0 Å². The first kappa shape index (κ1) is 14.8. The lowest BCUT2D eigenvalue weighted by Gasteiger charge is -2.25. The molecule has 0 saturated carbocycles. The standard InChI is InChI=1S/C16H20I2/c1-4-5-13(17)9-12-8-11-6-7-14(18)10-15(11)16(12,2)3/h5,9-10H,4,6-8H2,1-3H3/b12-9+,13-5+. The third-order valence-corrected chi connectivity index (χ3v) is 5.54. The predicted octanol–water partition coefficient (Wildman–Crippen LogP) is 6.48. The second kappa shape index (κ2) is 5.81. The molecule has 0 aromatic heterocycles. The number of halogens is 2. The van der Waals surface area contributed by atoms with Gasteiger partial charge in [-0.25, -0.2) is 0 Å². The van der Waals surface area contributed by atoms with Crippen LogP contribution in [0.1, 0.15) is 46.5 Å². The van der Waals surface area contributed by atoms with Crippen LogP contribution in [0, 0.1) is 5.41 Å². The maximum atomic E-state index is 2.49. The van der Waals surface area contributed by atoms with E-state index in [2.05, 4.69) is 84.2 Å². The number of hydrogen-bond donors (Lipinski definition) is 0. The fourth-order valence-electron chi connectivity index (χ4n) is 2.82. The van der Waals surface area contributed by atoms with Crippen LogP contribution in [0.5, 0.6) is 0 Å². The molecule has 0 amide bonds. The molecular formula is C16H20I2. The zero-order valence-corrected chi connectivity index (χ0v) is 15.6. The van der Waals surface area contributed by atoms with Crippen LogP contribution < -0.4 is 0 Å². The van der Waals surface area contributed by atoms with E-state index in [1.165, 1.54) is 26.4 Å². The average molecular weight is 466 g/mol. The Kier molecular flexibility index (Phi) is 4.79. The molecule has 2 aliphatic rings. The van der Waals surface area contributed by atoms with Gasteiger partial charge in [0.1, 0.15) is 0 Å². The molecule has 0 spiro atoms. The van der Waals surface area contributed by atoms with Gasteiger partial charge in [0.2, 0.25) is 0 Å². The van der Waals surface area contributed by atoms with Crippen molar-refractivity contribution >= 4 is 45.2 Å².